The summed E-state index contributed by atoms with van der Waals surface area (Å²) in [5, 5.41) is 35.8. The fourth-order valence-corrected chi connectivity index (χ4v) is 2.39. The third-order valence-electron chi connectivity index (χ3n) is 3.29. The Hall–Kier alpha value is -0.484. The maximum Gasteiger partial charge on any atom is 1.00 e. The second-order valence-electron chi connectivity index (χ2n) is 3.88. The Morgan fingerprint density at radius 2 is 0.944 bits per heavy atom. The van der Waals surface area contributed by atoms with Crippen LogP contribution < -0.4 is 51.4 Å². The number of hydrogen-bond donors (Lipinski definition) is 4. The van der Waals surface area contributed by atoms with Gasteiger partial charge in [-0.3, -0.25) is 19.2 Å². The summed E-state index contributed by atoms with van der Waals surface area (Å²) in [5.41, 5.74) is -5.63. The molecule has 0 aliphatic heterocycles. The predicted molar refractivity (Wildman–Crippen MR) is 50.4 cm³/mol. The van der Waals surface area contributed by atoms with Gasteiger partial charge in [-0.15, -0.1) is 0 Å². The molecule has 1 fully saturated rings. The fourth-order valence-electron chi connectivity index (χ4n) is 2.39. The van der Waals surface area contributed by atoms with E-state index in [1.54, 1.807) is 0 Å². The van der Waals surface area contributed by atoms with E-state index in [2.05, 4.69) is 0 Å². The summed E-state index contributed by atoms with van der Waals surface area (Å²) in [6.45, 7) is 0. The van der Waals surface area contributed by atoms with Crippen LogP contribution in [0.4, 0.5) is 0 Å². The van der Waals surface area contributed by atoms with Crippen LogP contribution in [-0.4, -0.2) is 44.3 Å². The first kappa shape index (κ1) is 17.5. The van der Waals surface area contributed by atoms with Crippen LogP contribution in [0.25, 0.3) is 0 Å². The van der Waals surface area contributed by atoms with Crippen LogP contribution in [0, 0.1) is 10.8 Å². The number of carboxylic acid groups (broad SMARTS) is 4. The van der Waals surface area contributed by atoms with Crippen LogP contribution in [0.1, 0.15) is 20.7 Å². The molecule has 1 aliphatic rings. The number of carbonyl (C=O) groups is 4. The summed E-state index contributed by atoms with van der Waals surface area (Å²) in [7, 11) is 0. The third kappa shape index (κ3) is 1.99. The molecule has 0 aromatic carbocycles. The van der Waals surface area contributed by atoms with Gasteiger partial charge < -0.3 is 21.9 Å². The van der Waals surface area contributed by atoms with Crippen molar-refractivity contribution in [2.75, 3.05) is 0 Å². The minimum atomic E-state index is -2.81. The summed E-state index contributed by atoms with van der Waals surface area (Å²) in [4.78, 5) is 44.3. The average Bonchev–Trinajstić information content (AvgIpc) is 2.58. The SMILES string of the molecule is O=C(O)C1(C(=O)O)CCCC1(C(=O)O)C(=O)O.[H-].[K+]. The second kappa shape index (κ2) is 5.66. The van der Waals surface area contributed by atoms with Gasteiger partial charge in [-0.2, -0.15) is 0 Å². The Labute approximate surface area is 145 Å². The van der Waals surface area contributed by atoms with Crippen molar-refractivity contribution in [1.82, 2.24) is 0 Å². The quantitative estimate of drug-likeness (QED) is 0.308. The molecule has 0 saturated heterocycles. The van der Waals surface area contributed by atoms with Crippen LogP contribution in [0.5, 0.6) is 0 Å². The third-order valence-corrected chi connectivity index (χ3v) is 3.29. The van der Waals surface area contributed by atoms with Crippen LogP contribution >= 0.6 is 0 Å². The summed E-state index contributed by atoms with van der Waals surface area (Å²) in [6.07, 6.45) is -1.12. The minimum Gasteiger partial charge on any atom is -1.00 e. The van der Waals surface area contributed by atoms with Crippen LogP contribution in [0.2, 0.25) is 0 Å². The summed E-state index contributed by atoms with van der Waals surface area (Å²) in [5.74, 6) is -7.75. The molecule has 0 amide bonds. The van der Waals surface area contributed by atoms with Crippen molar-refractivity contribution in [3.63, 3.8) is 0 Å². The molecule has 1 aliphatic carbocycles. The van der Waals surface area contributed by atoms with E-state index in [-0.39, 0.29) is 59.2 Å². The summed E-state index contributed by atoms with van der Waals surface area (Å²) < 4.78 is 0. The van der Waals surface area contributed by atoms with Crippen molar-refractivity contribution in [3.05, 3.63) is 0 Å². The first-order valence-corrected chi connectivity index (χ1v) is 4.67. The fraction of sp³-hybridized carbons (Fsp3) is 0.556. The standard InChI is InChI=1S/C9H10O8.K.H/c10-4(11)8(5(12)13)2-1-3-9(8,6(14)15)7(16)17;;/h1-3H2,(H,10,11)(H,12,13)(H,14,15)(H,16,17);;/q;+1;-1. The zero-order valence-electron chi connectivity index (χ0n) is 10.5. The van der Waals surface area contributed by atoms with Crippen molar-refractivity contribution < 1.29 is 92.4 Å². The predicted octanol–water partition coefficient (Wildman–Crippen LogP) is -3.40. The van der Waals surface area contributed by atoms with E-state index in [0.29, 0.717) is 0 Å². The van der Waals surface area contributed by atoms with Gasteiger partial charge in [-0.05, 0) is 19.3 Å². The molecule has 0 spiro atoms. The first-order chi connectivity index (χ1) is 7.73. The second-order valence-corrected chi connectivity index (χ2v) is 3.88. The van der Waals surface area contributed by atoms with E-state index >= 15 is 0 Å². The number of aliphatic carboxylic acids is 4. The molecule has 0 radical (unpaired) electrons. The molecule has 0 unspecified atom stereocenters. The molecule has 0 heterocycles. The Balaban J connectivity index is 0. The van der Waals surface area contributed by atoms with Crippen molar-refractivity contribution in [2.24, 2.45) is 10.8 Å². The van der Waals surface area contributed by atoms with Crippen LogP contribution in [0.3, 0.4) is 0 Å². The number of hydrogen-bond acceptors (Lipinski definition) is 4. The molecule has 0 aromatic heterocycles. The van der Waals surface area contributed by atoms with Crippen molar-refractivity contribution in [2.45, 2.75) is 19.3 Å². The zero-order valence-corrected chi connectivity index (χ0v) is 12.7. The summed E-state index contributed by atoms with van der Waals surface area (Å²) >= 11 is 0. The average molecular weight is 286 g/mol. The molecular weight excluding hydrogens is 275 g/mol. The van der Waals surface area contributed by atoms with Gasteiger partial charge >= 0.3 is 75.3 Å². The molecule has 18 heavy (non-hydrogen) atoms. The van der Waals surface area contributed by atoms with Gasteiger partial charge in [0, 0.05) is 0 Å². The first-order valence-electron chi connectivity index (χ1n) is 4.67. The largest absolute Gasteiger partial charge is 1.00 e. The molecule has 96 valence electrons. The van der Waals surface area contributed by atoms with E-state index in [0.717, 1.165) is 0 Å². The monoisotopic (exact) mass is 286 g/mol. The van der Waals surface area contributed by atoms with Gasteiger partial charge in [0.1, 0.15) is 0 Å². The van der Waals surface area contributed by atoms with Crippen molar-refractivity contribution >= 4 is 23.9 Å². The maximum atomic E-state index is 11.1. The van der Waals surface area contributed by atoms with E-state index in [9.17, 15) is 19.2 Å². The number of rotatable bonds is 4. The maximum absolute atomic E-state index is 11.1. The Morgan fingerprint density at radius 1 is 0.722 bits per heavy atom. The molecular formula is C9H11KO8. The molecule has 1 saturated carbocycles. The van der Waals surface area contributed by atoms with Gasteiger partial charge in [-0.25, -0.2) is 0 Å². The minimum absolute atomic E-state index is 0. The zero-order chi connectivity index (χ0) is 13.4. The van der Waals surface area contributed by atoms with E-state index in [1.807, 2.05) is 0 Å². The molecule has 4 N–H and O–H groups in total. The molecule has 1 rings (SSSR count). The molecule has 0 bridgehead atoms. The Kier molecular flexibility index (Phi) is 5.50. The Morgan fingerprint density at radius 3 is 1.11 bits per heavy atom. The smallest absolute Gasteiger partial charge is 1.00 e. The number of carboxylic acids is 4. The Bertz CT molecular complexity index is 354. The van der Waals surface area contributed by atoms with E-state index < -0.39 is 47.5 Å². The van der Waals surface area contributed by atoms with Crippen LogP contribution in [-0.2, 0) is 19.2 Å². The molecule has 0 atom stereocenters. The summed E-state index contributed by atoms with van der Waals surface area (Å²) in [6, 6.07) is 0. The molecule has 9 heteroatoms. The topological polar surface area (TPSA) is 149 Å². The van der Waals surface area contributed by atoms with Gasteiger partial charge in [0.15, 0.2) is 10.8 Å². The van der Waals surface area contributed by atoms with Crippen molar-refractivity contribution in [3.8, 4) is 0 Å². The van der Waals surface area contributed by atoms with Crippen molar-refractivity contribution in [1.29, 1.82) is 0 Å². The molecule has 8 nitrogen and oxygen atoms in total. The van der Waals surface area contributed by atoms with Gasteiger partial charge in [-0.1, -0.05) is 0 Å². The van der Waals surface area contributed by atoms with Gasteiger partial charge in [0.25, 0.3) is 0 Å². The molecule has 0 aromatic rings. The van der Waals surface area contributed by atoms with Crippen LogP contribution in [0.15, 0.2) is 0 Å². The normalized spacial score (nSPS) is 19.6. The van der Waals surface area contributed by atoms with E-state index in [1.165, 1.54) is 0 Å². The van der Waals surface area contributed by atoms with E-state index in [4.69, 9.17) is 20.4 Å². The van der Waals surface area contributed by atoms with Gasteiger partial charge in [0.05, 0.1) is 0 Å². The van der Waals surface area contributed by atoms with Gasteiger partial charge in [0.2, 0.25) is 0 Å².